The number of hydrogen-bond donors (Lipinski definition) is 2. The fourth-order valence-corrected chi connectivity index (χ4v) is 2.83. The number of carbonyl (C=O) groups is 1. The zero-order valence-electron chi connectivity index (χ0n) is 12.9. The van der Waals surface area contributed by atoms with Crippen LogP contribution in [0.1, 0.15) is 40.3 Å². The van der Waals surface area contributed by atoms with E-state index in [9.17, 15) is 4.79 Å². The number of amides is 1. The summed E-state index contributed by atoms with van der Waals surface area (Å²) in [6, 6.07) is 9.70. The first kappa shape index (κ1) is 14.4. The number of carbonyl (C=O) groups excluding carboxylic acids is 1. The van der Waals surface area contributed by atoms with Gasteiger partial charge in [0.05, 0.1) is 5.69 Å². The molecule has 0 spiro atoms. The SMILES string of the molecule is Cc1noc(C)c1[C@@H](C)CNC(=O)c1cc2ccccc2[nH]1. The lowest BCUT2D eigenvalue weighted by Crippen LogP contribution is -2.28. The number of aromatic amines is 1. The summed E-state index contributed by atoms with van der Waals surface area (Å²) >= 11 is 0. The zero-order chi connectivity index (χ0) is 15.7. The van der Waals surface area contributed by atoms with Gasteiger partial charge in [0.1, 0.15) is 11.5 Å². The first-order chi connectivity index (χ1) is 10.6. The van der Waals surface area contributed by atoms with Crippen molar-refractivity contribution in [3.05, 3.63) is 53.0 Å². The van der Waals surface area contributed by atoms with Gasteiger partial charge in [0, 0.05) is 28.9 Å². The molecule has 1 atom stereocenters. The molecule has 1 amide bonds. The van der Waals surface area contributed by atoms with Gasteiger partial charge in [-0.15, -0.1) is 0 Å². The number of rotatable bonds is 4. The maximum Gasteiger partial charge on any atom is 0.267 e. The normalized spacial score (nSPS) is 12.5. The van der Waals surface area contributed by atoms with Crippen molar-refractivity contribution in [2.75, 3.05) is 6.54 Å². The van der Waals surface area contributed by atoms with Crippen molar-refractivity contribution in [1.29, 1.82) is 0 Å². The molecule has 0 aliphatic heterocycles. The highest BCUT2D eigenvalue weighted by Crippen LogP contribution is 2.22. The molecule has 2 aromatic heterocycles. The van der Waals surface area contributed by atoms with E-state index in [1.807, 2.05) is 44.2 Å². The second-order valence-electron chi connectivity index (χ2n) is 5.62. The van der Waals surface area contributed by atoms with Gasteiger partial charge in [-0.05, 0) is 26.0 Å². The lowest BCUT2D eigenvalue weighted by atomic mass is 9.99. The van der Waals surface area contributed by atoms with E-state index in [4.69, 9.17) is 4.52 Å². The molecule has 22 heavy (non-hydrogen) atoms. The zero-order valence-corrected chi connectivity index (χ0v) is 12.9. The molecular weight excluding hydrogens is 278 g/mol. The summed E-state index contributed by atoms with van der Waals surface area (Å²) in [4.78, 5) is 15.4. The molecule has 0 unspecified atom stereocenters. The third kappa shape index (κ3) is 2.62. The van der Waals surface area contributed by atoms with Crippen LogP contribution in [0.25, 0.3) is 10.9 Å². The Bertz CT molecular complexity index is 764. The molecule has 0 bridgehead atoms. The third-order valence-corrected chi connectivity index (χ3v) is 3.92. The molecule has 0 aliphatic carbocycles. The van der Waals surface area contributed by atoms with Gasteiger partial charge in [-0.1, -0.05) is 30.3 Å². The largest absolute Gasteiger partial charge is 0.361 e. The van der Waals surface area contributed by atoms with Crippen molar-refractivity contribution in [2.45, 2.75) is 26.7 Å². The summed E-state index contributed by atoms with van der Waals surface area (Å²) < 4.78 is 5.18. The number of hydrogen-bond acceptors (Lipinski definition) is 3. The van der Waals surface area contributed by atoms with Gasteiger partial charge >= 0.3 is 0 Å². The third-order valence-electron chi connectivity index (χ3n) is 3.92. The number of fused-ring (bicyclic) bond motifs is 1. The molecule has 0 radical (unpaired) electrons. The van der Waals surface area contributed by atoms with Gasteiger partial charge in [0.25, 0.3) is 5.91 Å². The van der Waals surface area contributed by atoms with Crippen molar-refractivity contribution in [3.8, 4) is 0 Å². The van der Waals surface area contributed by atoms with Gasteiger partial charge < -0.3 is 14.8 Å². The van der Waals surface area contributed by atoms with Crippen molar-refractivity contribution >= 4 is 16.8 Å². The summed E-state index contributed by atoms with van der Waals surface area (Å²) in [5.74, 6) is 0.860. The Labute approximate surface area is 128 Å². The lowest BCUT2D eigenvalue weighted by molar-refractivity contribution is 0.0947. The minimum Gasteiger partial charge on any atom is -0.361 e. The van der Waals surface area contributed by atoms with Crippen molar-refractivity contribution in [1.82, 2.24) is 15.5 Å². The van der Waals surface area contributed by atoms with Crippen molar-refractivity contribution in [2.24, 2.45) is 0 Å². The van der Waals surface area contributed by atoms with Crippen LogP contribution >= 0.6 is 0 Å². The Morgan fingerprint density at radius 2 is 2.14 bits per heavy atom. The Hall–Kier alpha value is -2.56. The molecule has 2 heterocycles. The first-order valence-electron chi connectivity index (χ1n) is 7.35. The van der Waals surface area contributed by atoms with E-state index in [-0.39, 0.29) is 11.8 Å². The Balaban J connectivity index is 1.69. The second-order valence-corrected chi connectivity index (χ2v) is 5.62. The molecule has 114 valence electrons. The van der Waals surface area contributed by atoms with Crippen LogP contribution in [0.3, 0.4) is 0 Å². The number of benzene rings is 1. The molecule has 1 aromatic carbocycles. The maximum absolute atomic E-state index is 12.3. The predicted molar refractivity (Wildman–Crippen MR) is 85.0 cm³/mol. The summed E-state index contributed by atoms with van der Waals surface area (Å²) in [6.07, 6.45) is 0. The van der Waals surface area contributed by atoms with Crippen LogP contribution in [0.15, 0.2) is 34.9 Å². The number of nitrogens with zero attached hydrogens (tertiary/aromatic N) is 1. The molecule has 2 N–H and O–H groups in total. The van der Waals surface area contributed by atoms with Crippen LogP contribution in [0.5, 0.6) is 0 Å². The second kappa shape index (κ2) is 5.67. The minimum atomic E-state index is -0.102. The molecule has 5 heteroatoms. The standard InChI is InChI=1S/C17H19N3O2/c1-10(16-11(2)20-22-12(16)3)9-18-17(21)15-8-13-6-4-5-7-14(13)19-15/h4-8,10,19H,9H2,1-3H3,(H,18,21)/t10-/m0/s1. The molecule has 5 nitrogen and oxygen atoms in total. The molecule has 0 saturated heterocycles. The maximum atomic E-state index is 12.3. The van der Waals surface area contributed by atoms with E-state index in [2.05, 4.69) is 22.4 Å². The van der Waals surface area contributed by atoms with Crippen LogP contribution < -0.4 is 5.32 Å². The monoisotopic (exact) mass is 297 g/mol. The van der Waals surface area contributed by atoms with Crippen molar-refractivity contribution < 1.29 is 9.32 Å². The molecule has 0 fully saturated rings. The van der Waals surface area contributed by atoms with Crippen molar-refractivity contribution in [3.63, 3.8) is 0 Å². The van der Waals surface area contributed by atoms with E-state index >= 15 is 0 Å². The Morgan fingerprint density at radius 3 is 2.82 bits per heavy atom. The highest BCUT2D eigenvalue weighted by Gasteiger charge is 2.18. The quantitative estimate of drug-likeness (QED) is 0.776. The first-order valence-corrected chi connectivity index (χ1v) is 7.35. The average molecular weight is 297 g/mol. The molecule has 3 aromatic rings. The van der Waals surface area contributed by atoms with Crippen LogP contribution in [-0.2, 0) is 0 Å². The minimum absolute atomic E-state index is 0.102. The topological polar surface area (TPSA) is 70.9 Å². The van der Waals surface area contributed by atoms with Crippen LogP contribution in [-0.4, -0.2) is 22.6 Å². The van der Waals surface area contributed by atoms with Gasteiger partial charge in [0.15, 0.2) is 0 Å². The van der Waals surface area contributed by atoms with Crippen LogP contribution in [0.4, 0.5) is 0 Å². The highest BCUT2D eigenvalue weighted by molar-refractivity contribution is 5.97. The molecular formula is C17H19N3O2. The van der Waals surface area contributed by atoms with E-state index in [0.29, 0.717) is 12.2 Å². The lowest BCUT2D eigenvalue weighted by Gasteiger charge is -2.12. The van der Waals surface area contributed by atoms with Gasteiger partial charge in [-0.25, -0.2) is 0 Å². The fourth-order valence-electron chi connectivity index (χ4n) is 2.83. The Morgan fingerprint density at radius 1 is 1.36 bits per heavy atom. The van der Waals surface area contributed by atoms with E-state index in [1.165, 1.54) is 0 Å². The fraction of sp³-hybridized carbons (Fsp3) is 0.294. The Kier molecular flexibility index (Phi) is 3.71. The van der Waals surface area contributed by atoms with Gasteiger partial charge in [-0.3, -0.25) is 4.79 Å². The van der Waals surface area contributed by atoms with Crippen LogP contribution in [0.2, 0.25) is 0 Å². The molecule has 0 aliphatic rings. The number of H-pyrrole nitrogens is 1. The predicted octanol–water partition coefficient (Wildman–Crippen LogP) is 3.31. The number of para-hydroxylation sites is 1. The molecule has 0 saturated carbocycles. The van der Waals surface area contributed by atoms with E-state index in [1.54, 1.807) is 0 Å². The van der Waals surface area contributed by atoms with E-state index < -0.39 is 0 Å². The number of aryl methyl sites for hydroxylation is 2. The average Bonchev–Trinajstić information content (AvgIpc) is 3.08. The summed E-state index contributed by atoms with van der Waals surface area (Å²) in [5.41, 5.74) is 3.49. The van der Waals surface area contributed by atoms with Gasteiger partial charge in [-0.2, -0.15) is 0 Å². The summed E-state index contributed by atoms with van der Waals surface area (Å²) in [7, 11) is 0. The van der Waals surface area contributed by atoms with Crippen LogP contribution in [0, 0.1) is 13.8 Å². The molecule has 3 rings (SSSR count). The summed E-state index contributed by atoms with van der Waals surface area (Å²) in [5, 5.41) is 7.95. The number of nitrogens with one attached hydrogen (secondary N) is 2. The van der Waals surface area contributed by atoms with E-state index in [0.717, 1.165) is 27.9 Å². The smallest absolute Gasteiger partial charge is 0.267 e. The number of aromatic nitrogens is 2. The highest BCUT2D eigenvalue weighted by atomic mass is 16.5. The summed E-state index contributed by atoms with van der Waals surface area (Å²) in [6.45, 7) is 6.41. The van der Waals surface area contributed by atoms with Gasteiger partial charge in [0.2, 0.25) is 0 Å².